The Morgan fingerprint density at radius 1 is 1.35 bits per heavy atom. The van der Waals surface area contributed by atoms with Gasteiger partial charge in [0.05, 0.1) is 26.0 Å². The van der Waals surface area contributed by atoms with Gasteiger partial charge in [-0.25, -0.2) is 0 Å². The maximum absolute atomic E-state index is 11.8. The Bertz CT molecular complexity index is 544. The van der Waals surface area contributed by atoms with E-state index in [9.17, 15) is 9.90 Å². The van der Waals surface area contributed by atoms with Crippen molar-refractivity contribution >= 4 is 0 Å². The number of hydrogen-bond acceptors (Lipinski definition) is 5. The topological polar surface area (TPSA) is 74.9 Å². The van der Waals surface area contributed by atoms with Crippen LogP contribution in [0.5, 0.6) is 5.75 Å². The van der Waals surface area contributed by atoms with E-state index in [1.807, 2.05) is 4.57 Å². The van der Waals surface area contributed by atoms with E-state index in [0.717, 1.165) is 18.7 Å². The third kappa shape index (κ3) is 5.06. The molecule has 1 aromatic heterocycles. The standard InChI is InChI=1S/C17H28N2O4/c1-2-14-5-3-4-6-18(14)12-15-11-16(21)17(22)13-19(15)7-9-23-10-8-20/h11,13-14,20,22H,2-10,12H2,1H3. The highest BCUT2D eigenvalue weighted by Gasteiger charge is 2.22. The predicted molar refractivity (Wildman–Crippen MR) is 88.6 cm³/mol. The molecule has 0 radical (unpaired) electrons. The molecule has 1 fully saturated rings. The number of piperidine rings is 1. The number of aliphatic hydroxyl groups is 1. The Hall–Kier alpha value is -1.37. The molecule has 6 nitrogen and oxygen atoms in total. The normalized spacial score (nSPS) is 19.1. The molecular formula is C17H28N2O4. The van der Waals surface area contributed by atoms with Crippen molar-refractivity contribution < 1.29 is 14.9 Å². The molecule has 1 unspecified atom stereocenters. The largest absolute Gasteiger partial charge is 0.503 e. The van der Waals surface area contributed by atoms with Gasteiger partial charge >= 0.3 is 0 Å². The number of pyridine rings is 1. The predicted octanol–water partition coefficient (Wildman–Crippen LogP) is 1.33. The van der Waals surface area contributed by atoms with Crippen molar-refractivity contribution in [3.05, 3.63) is 28.2 Å². The van der Waals surface area contributed by atoms with E-state index in [-0.39, 0.29) is 17.8 Å². The van der Waals surface area contributed by atoms with Crippen molar-refractivity contribution in [2.45, 2.75) is 51.7 Å². The summed E-state index contributed by atoms with van der Waals surface area (Å²) in [4.78, 5) is 14.2. The maximum atomic E-state index is 11.8. The zero-order valence-corrected chi connectivity index (χ0v) is 13.9. The van der Waals surface area contributed by atoms with Crippen LogP contribution in [0.15, 0.2) is 17.1 Å². The zero-order valence-electron chi connectivity index (χ0n) is 13.9. The van der Waals surface area contributed by atoms with E-state index in [2.05, 4.69) is 11.8 Å². The molecule has 0 spiro atoms. The van der Waals surface area contributed by atoms with Crippen molar-refractivity contribution in [2.75, 3.05) is 26.4 Å². The fourth-order valence-electron chi connectivity index (χ4n) is 3.22. The van der Waals surface area contributed by atoms with Crippen molar-refractivity contribution in [2.24, 2.45) is 0 Å². The number of hydrogen-bond donors (Lipinski definition) is 2. The Balaban J connectivity index is 2.11. The maximum Gasteiger partial charge on any atom is 0.223 e. The fraction of sp³-hybridized carbons (Fsp3) is 0.706. The molecule has 1 aliphatic rings. The first-order chi connectivity index (χ1) is 11.2. The van der Waals surface area contributed by atoms with Gasteiger partial charge in [0.2, 0.25) is 5.43 Å². The summed E-state index contributed by atoms with van der Waals surface area (Å²) in [6.07, 6.45) is 6.27. The molecule has 6 heteroatoms. The molecule has 0 aliphatic carbocycles. The summed E-state index contributed by atoms with van der Waals surface area (Å²) in [5, 5.41) is 18.5. The van der Waals surface area contributed by atoms with Gasteiger partial charge in [0.25, 0.3) is 0 Å². The van der Waals surface area contributed by atoms with Crippen LogP contribution in [0.3, 0.4) is 0 Å². The Morgan fingerprint density at radius 2 is 2.17 bits per heavy atom. The molecule has 0 amide bonds. The summed E-state index contributed by atoms with van der Waals surface area (Å²) in [5.74, 6) is -0.235. The monoisotopic (exact) mass is 324 g/mol. The highest BCUT2D eigenvalue weighted by atomic mass is 16.5. The van der Waals surface area contributed by atoms with Crippen LogP contribution in [0.25, 0.3) is 0 Å². The van der Waals surface area contributed by atoms with Crippen LogP contribution >= 0.6 is 0 Å². The minimum absolute atomic E-state index is 0.00572. The number of aliphatic hydroxyl groups excluding tert-OH is 1. The van der Waals surface area contributed by atoms with Gasteiger partial charge in [-0.05, 0) is 25.8 Å². The molecule has 2 rings (SSSR count). The summed E-state index contributed by atoms with van der Waals surface area (Å²) < 4.78 is 7.18. The second kappa shape index (κ2) is 9.05. The lowest BCUT2D eigenvalue weighted by Crippen LogP contribution is -2.39. The van der Waals surface area contributed by atoms with Crippen LogP contribution < -0.4 is 5.43 Å². The Kier molecular flexibility index (Phi) is 7.08. The van der Waals surface area contributed by atoms with Gasteiger partial charge < -0.3 is 19.5 Å². The average Bonchev–Trinajstić information content (AvgIpc) is 2.56. The van der Waals surface area contributed by atoms with E-state index >= 15 is 0 Å². The number of likely N-dealkylation sites (tertiary alicyclic amines) is 1. The number of ether oxygens (including phenoxy) is 1. The number of nitrogens with zero attached hydrogens (tertiary/aromatic N) is 2. The second-order valence-electron chi connectivity index (χ2n) is 6.07. The van der Waals surface area contributed by atoms with Crippen LogP contribution in [0, 0.1) is 0 Å². The van der Waals surface area contributed by atoms with Gasteiger partial charge in [0.1, 0.15) is 0 Å². The smallest absolute Gasteiger partial charge is 0.223 e. The van der Waals surface area contributed by atoms with Crippen LogP contribution in [0.4, 0.5) is 0 Å². The molecular weight excluding hydrogens is 296 g/mol. The van der Waals surface area contributed by atoms with Gasteiger partial charge in [-0.3, -0.25) is 9.69 Å². The van der Waals surface area contributed by atoms with Gasteiger partial charge in [-0.15, -0.1) is 0 Å². The van der Waals surface area contributed by atoms with E-state index in [0.29, 0.717) is 32.3 Å². The van der Waals surface area contributed by atoms with Gasteiger partial charge in [0.15, 0.2) is 5.75 Å². The number of rotatable bonds is 8. The Labute approximate surface area is 137 Å². The van der Waals surface area contributed by atoms with E-state index in [4.69, 9.17) is 9.84 Å². The van der Waals surface area contributed by atoms with Crippen LogP contribution in [0.1, 0.15) is 38.3 Å². The molecule has 1 aromatic rings. The summed E-state index contributed by atoms with van der Waals surface area (Å²) in [5.41, 5.74) is 0.568. The minimum atomic E-state index is -0.336. The van der Waals surface area contributed by atoms with E-state index in [1.54, 1.807) is 0 Å². The molecule has 2 heterocycles. The average molecular weight is 324 g/mol. The van der Waals surface area contributed by atoms with Crippen molar-refractivity contribution in [3.8, 4) is 5.75 Å². The van der Waals surface area contributed by atoms with E-state index < -0.39 is 0 Å². The lowest BCUT2D eigenvalue weighted by atomic mass is 10.00. The molecule has 0 aromatic carbocycles. The third-order valence-electron chi connectivity index (χ3n) is 4.49. The summed E-state index contributed by atoms with van der Waals surface area (Å²) >= 11 is 0. The van der Waals surface area contributed by atoms with E-state index in [1.165, 1.54) is 31.5 Å². The summed E-state index contributed by atoms with van der Waals surface area (Å²) in [7, 11) is 0. The summed E-state index contributed by atoms with van der Waals surface area (Å²) in [6.45, 7) is 5.25. The third-order valence-corrected chi connectivity index (χ3v) is 4.49. The first kappa shape index (κ1) is 18.0. The van der Waals surface area contributed by atoms with Crippen molar-refractivity contribution in [1.29, 1.82) is 0 Å². The van der Waals surface area contributed by atoms with Gasteiger partial charge in [0, 0.05) is 30.9 Å². The molecule has 1 saturated heterocycles. The molecule has 2 N–H and O–H groups in total. The van der Waals surface area contributed by atoms with Gasteiger partial charge in [-0.1, -0.05) is 13.3 Å². The van der Waals surface area contributed by atoms with Crippen LogP contribution in [-0.2, 0) is 17.8 Å². The second-order valence-corrected chi connectivity index (χ2v) is 6.07. The number of aromatic nitrogens is 1. The quantitative estimate of drug-likeness (QED) is 0.706. The SMILES string of the molecule is CCC1CCCCN1Cc1cc(=O)c(O)cn1CCOCCO. The summed E-state index contributed by atoms with van der Waals surface area (Å²) in [6, 6.07) is 2.09. The molecule has 0 saturated carbocycles. The zero-order chi connectivity index (χ0) is 16.7. The highest BCUT2D eigenvalue weighted by Crippen LogP contribution is 2.21. The molecule has 1 aliphatic heterocycles. The van der Waals surface area contributed by atoms with Crippen LogP contribution in [-0.4, -0.2) is 52.1 Å². The van der Waals surface area contributed by atoms with Crippen molar-refractivity contribution in [1.82, 2.24) is 9.47 Å². The molecule has 130 valence electrons. The molecule has 23 heavy (non-hydrogen) atoms. The lowest BCUT2D eigenvalue weighted by Gasteiger charge is -2.35. The first-order valence-corrected chi connectivity index (χ1v) is 8.50. The fourth-order valence-corrected chi connectivity index (χ4v) is 3.22. The van der Waals surface area contributed by atoms with Crippen molar-refractivity contribution in [3.63, 3.8) is 0 Å². The number of aromatic hydroxyl groups is 1. The Morgan fingerprint density at radius 3 is 2.91 bits per heavy atom. The highest BCUT2D eigenvalue weighted by molar-refractivity contribution is 5.20. The van der Waals surface area contributed by atoms with Gasteiger partial charge in [-0.2, -0.15) is 0 Å². The molecule has 1 atom stereocenters. The molecule has 0 bridgehead atoms. The lowest BCUT2D eigenvalue weighted by molar-refractivity contribution is 0.0850. The minimum Gasteiger partial charge on any atom is -0.503 e. The first-order valence-electron chi connectivity index (χ1n) is 8.50. The van der Waals surface area contributed by atoms with Crippen LogP contribution in [0.2, 0.25) is 0 Å².